The molecule has 10 nitrogen and oxygen atoms in total. The average Bonchev–Trinajstić information content (AvgIpc) is 3.25. The Labute approximate surface area is 209 Å². The Morgan fingerprint density at radius 1 is 1.26 bits per heavy atom. The summed E-state index contributed by atoms with van der Waals surface area (Å²) < 4.78 is 41.3. The Kier molecular flexibility index (Phi) is 8.73. The van der Waals surface area contributed by atoms with Crippen LogP contribution in [0.5, 0.6) is 0 Å². The summed E-state index contributed by atoms with van der Waals surface area (Å²) in [6.07, 6.45) is 5.84. The lowest BCUT2D eigenvalue weighted by molar-refractivity contribution is 0.0941. The second kappa shape index (κ2) is 11.4. The van der Waals surface area contributed by atoms with Crippen LogP contribution in [0.25, 0.3) is 11.3 Å². The first-order valence-electron chi connectivity index (χ1n) is 11.3. The molecule has 35 heavy (non-hydrogen) atoms. The maximum Gasteiger partial charge on any atom is 0.317 e. The van der Waals surface area contributed by atoms with Gasteiger partial charge in [0.05, 0.1) is 28.4 Å². The number of nitrogens with zero attached hydrogens (tertiary/aromatic N) is 3. The lowest BCUT2D eigenvalue weighted by Gasteiger charge is -2.34. The van der Waals surface area contributed by atoms with Crippen molar-refractivity contribution in [2.45, 2.75) is 38.6 Å². The van der Waals surface area contributed by atoms with Crippen molar-refractivity contribution in [3.63, 3.8) is 0 Å². The zero-order chi connectivity index (χ0) is 25.8. The fourth-order valence-corrected chi connectivity index (χ4v) is 5.65. The highest BCUT2D eigenvalue weighted by Crippen LogP contribution is 2.29. The van der Waals surface area contributed by atoms with E-state index in [1.165, 1.54) is 12.1 Å². The Hall–Kier alpha value is -2.70. The second-order valence-corrected chi connectivity index (χ2v) is 10.9. The molecule has 1 heterocycles. The molecular weight excluding hydrogens is 499 g/mol. The molecule has 1 aromatic heterocycles. The highest BCUT2D eigenvalue weighted by molar-refractivity contribution is 7.89. The van der Waals surface area contributed by atoms with Crippen LogP contribution >= 0.6 is 11.6 Å². The maximum absolute atomic E-state index is 14.5. The lowest BCUT2D eigenvalue weighted by Crippen LogP contribution is -2.46. The quantitative estimate of drug-likeness (QED) is 0.454. The van der Waals surface area contributed by atoms with Gasteiger partial charge in [0.1, 0.15) is 0 Å². The summed E-state index contributed by atoms with van der Waals surface area (Å²) in [4.78, 5) is 32.4. The predicted octanol–water partition coefficient (Wildman–Crippen LogP) is 2.66. The first kappa shape index (κ1) is 26.9. The molecule has 13 heteroatoms. The molecule has 0 saturated heterocycles. The van der Waals surface area contributed by atoms with E-state index in [4.69, 9.17) is 11.6 Å². The number of carbonyl (C=O) groups excluding carboxylic acids is 2. The van der Waals surface area contributed by atoms with Gasteiger partial charge >= 0.3 is 6.03 Å². The number of urea groups is 1. The normalized spacial score (nSPS) is 18.2. The maximum atomic E-state index is 14.5. The number of hydrogen-bond acceptors (Lipinski definition) is 5. The first-order valence-corrected chi connectivity index (χ1v) is 13.3. The largest absolute Gasteiger partial charge is 0.340 e. The highest BCUT2D eigenvalue weighted by Gasteiger charge is 2.29. The third kappa shape index (κ3) is 6.92. The Bertz CT molecular complexity index is 1180. The van der Waals surface area contributed by atoms with Crippen molar-refractivity contribution < 1.29 is 22.4 Å². The highest BCUT2D eigenvalue weighted by atomic mass is 35.5. The number of aromatic nitrogens is 2. The van der Waals surface area contributed by atoms with E-state index in [9.17, 15) is 22.4 Å². The van der Waals surface area contributed by atoms with Crippen LogP contribution in [0.1, 0.15) is 43.0 Å². The summed E-state index contributed by atoms with van der Waals surface area (Å²) >= 11 is 5.95. The van der Waals surface area contributed by atoms with E-state index in [2.05, 4.69) is 20.6 Å². The van der Waals surface area contributed by atoms with Crippen LogP contribution in [0, 0.1) is 11.7 Å². The standard InChI is InChI=1S/C22H30ClFN6O4S/c1-4-25-22(32)30(3)16-7-5-14(6-8-16)12-35(33,34)28-27-21(31)17-9-15(10-18(23)20(17)24)19-11-29(2)13-26-19/h9-11,13-14,16,28H,4-8,12H2,1-3H3,(H,25,32)(H,27,31)/t14-,16+. The molecule has 2 aromatic rings. The number of carbonyl (C=O) groups is 2. The van der Waals surface area contributed by atoms with Gasteiger partial charge in [0, 0.05) is 38.4 Å². The summed E-state index contributed by atoms with van der Waals surface area (Å²) in [6.45, 7) is 2.39. The van der Waals surface area contributed by atoms with Crippen molar-refractivity contribution in [2.24, 2.45) is 13.0 Å². The third-order valence-electron chi connectivity index (χ3n) is 6.06. The van der Waals surface area contributed by atoms with Gasteiger partial charge in [0.25, 0.3) is 5.91 Å². The molecule has 1 aliphatic carbocycles. The number of nitrogens with one attached hydrogen (secondary N) is 3. The fourth-order valence-electron chi connectivity index (χ4n) is 4.15. The van der Waals surface area contributed by atoms with Crippen molar-refractivity contribution >= 4 is 33.6 Å². The molecule has 0 atom stereocenters. The number of halogens is 2. The topological polar surface area (TPSA) is 125 Å². The number of hydrazine groups is 1. The Morgan fingerprint density at radius 3 is 2.54 bits per heavy atom. The number of imidazole rings is 1. The second-order valence-electron chi connectivity index (χ2n) is 8.70. The molecule has 3 rings (SSSR count). The lowest BCUT2D eigenvalue weighted by atomic mass is 9.87. The third-order valence-corrected chi connectivity index (χ3v) is 7.66. The molecule has 0 spiro atoms. The van der Waals surface area contributed by atoms with Gasteiger partial charge in [-0.3, -0.25) is 10.2 Å². The van der Waals surface area contributed by atoms with Crippen molar-refractivity contribution in [2.75, 3.05) is 19.3 Å². The van der Waals surface area contributed by atoms with Gasteiger partial charge in [-0.1, -0.05) is 11.6 Å². The van der Waals surface area contributed by atoms with Crippen molar-refractivity contribution in [1.82, 2.24) is 30.0 Å². The van der Waals surface area contributed by atoms with Crippen molar-refractivity contribution in [3.05, 3.63) is 41.1 Å². The van der Waals surface area contributed by atoms with E-state index in [0.29, 0.717) is 43.5 Å². The molecule has 3 N–H and O–H groups in total. The van der Waals surface area contributed by atoms with Gasteiger partial charge < -0.3 is 14.8 Å². The predicted molar refractivity (Wildman–Crippen MR) is 131 cm³/mol. The Balaban J connectivity index is 1.57. The minimum atomic E-state index is -3.87. The zero-order valence-corrected chi connectivity index (χ0v) is 21.4. The van der Waals surface area contributed by atoms with Gasteiger partial charge in [0.2, 0.25) is 10.0 Å². The average molecular weight is 529 g/mol. The number of benzene rings is 1. The van der Waals surface area contributed by atoms with Crippen molar-refractivity contribution in [1.29, 1.82) is 0 Å². The van der Waals surface area contributed by atoms with Gasteiger partial charge in [-0.05, 0) is 50.7 Å². The molecule has 192 valence electrons. The van der Waals surface area contributed by atoms with Crippen LogP contribution in [-0.4, -0.2) is 60.2 Å². The summed E-state index contributed by atoms with van der Waals surface area (Å²) in [5.41, 5.74) is 2.57. The van der Waals surface area contributed by atoms with Crippen LogP contribution in [-0.2, 0) is 17.1 Å². The van der Waals surface area contributed by atoms with E-state index < -0.39 is 27.3 Å². The van der Waals surface area contributed by atoms with E-state index in [-0.39, 0.29) is 28.8 Å². The van der Waals surface area contributed by atoms with E-state index in [1.807, 2.05) is 6.92 Å². The minimum Gasteiger partial charge on any atom is -0.340 e. The minimum absolute atomic E-state index is 0.0484. The molecule has 0 aliphatic heterocycles. The summed E-state index contributed by atoms with van der Waals surface area (Å²) in [5, 5.41) is 2.47. The van der Waals surface area contributed by atoms with E-state index >= 15 is 0 Å². The number of aryl methyl sites for hydroxylation is 1. The molecule has 1 saturated carbocycles. The van der Waals surface area contributed by atoms with Crippen LogP contribution < -0.4 is 15.6 Å². The fraction of sp³-hybridized carbons (Fsp3) is 0.500. The molecule has 1 aliphatic rings. The van der Waals surface area contributed by atoms with Crippen molar-refractivity contribution in [3.8, 4) is 11.3 Å². The monoisotopic (exact) mass is 528 g/mol. The number of hydrogen-bond donors (Lipinski definition) is 3. The summed E-state index contributed by atoms with van der Waals surface area (Å²) in [7, 11) is -0.379. The number of sulfonamides is 1. The first-order chi connectivity index (χ1) is 16.5. The van der Waals surface area contributed by atoms with Crippen LogP contribution in [0.15, 0.2) is 24.7 Å². The molecule has 1 fully saturated rings. The smallest absolute Gasteiger partial charge is 0.317 e. The molecule has 0 radical (unpaired) electrons. The molecule has 0 bridgehead atoms. The van der Waals surface area contributed by atoms with Gasteiger partial charge in [-0.25, -0.2) is 22.6 Å². The molecular formula is C22H30ClFN6O4S. The van der Waals surface area contributed by atoms with Crippen LogP contribution in [0.4, 0.5) is 9.18 Å². The molecule has 1 aromatic carbocycles. The molecule has 3 amide bonds. The van der Waals surface area contributed by atoms with Gasteiger partial charge in [-0.15, -0.1) is 4.83 Å². The number of rotatable bonds is 8. The van der Waals surface area contributed by atoms with Gasteiger partial charge in [0.15, 0.2) is 5.82 Å². The zero-order valence-electron chi connectivity index (χ0n) is 19.8. The SMILES string of the molecule is CCNC(=O)N(C)[C@H]1CC[C@@H](CS(=O)(=O)NNC(=O)c2cc(-c3cn(C)cn3)cc(Cl)c2F)CC1. The van der Waals surface area contributed by atoms with Gasteiger partial charge in [-0.2, -0.15) is 0 Å². The number of amides is 3. The Morgan fingerprint density at radius 2 is 1.94 bits per heavy atom. The van der Waals surface area contributed by atoms with Crippen LogP contribution in [0.3, 0.4) is 0 Å². The summed E-state index contributed by atoms with van der Waals surface area (Å²) in [6, 6.07) is 2.51. The van der Waals surface area contributed by atoms with Crippen LogP contribution in [0.2, 0.25) is 5.02 Å². The molecule has 0 unspecified atom stereocenters. The summed E-state index contributed by atoms with van der Waals surface area (Å²) in [5.74, 6) is -2.25. The van der Waals surface area contributed by atoms with E-state index in [0.717, 1.165) is 0 Å². The van der Waals surface area contributed by atoms with E-state index in [1.54, 1.807) is 36.1 Å².